The average molecular weight is 364 g/mol. The average Bonchev–Trinajstić information content (AvgIpc) is 2.59. The molecule has 1 aromatic rings. The Kier molecular flexibility index (Phi) is 7.34. The van der Waals surface area contributed by atoms with Crippen LogP contribution in [0.4, 0.5) is 4.39 Å². The Bertz CT molecular complexity index is 730. The zero-order valence-electron chi connectivity index (χ0n) is 14.7. The van der Waals surface area contributed by atoms with E-state index in [1.165, 1.54) is 19.9 Å². The first kappa shape index (κ1) is 21.2. The number of hydrogen-bond acceptors (Lipinski definition) is 6. The van der Waals surface area contributed by atoms with Gasteiger partial charge < -0.3 is 15.7 Å². The third kappa shape index (κ3) is 5.60. The molecule has 2 unspecified atom stereocenters. The molecular weight excluding hydrogens is 343 g/mol. The van der Waals surface area contributed by atoms with Crippen molar-refractivity contribution in [3.05, 3.63) is 40.1 Å². The number of benzene rings is 1. The molecule has 0 saturated carbocycles. The molecular formula is C17H21FN4O4. The highest BCUT2D eigenvalue weighted by Gasteiger charge is 2.34. The maximum atomic E-state index is 13.7. The predicted molar refractivity (Wildman–Crippen MR) is 91.5 cm³/mol. The van der Waals surface area contributed by atoms with Gasteiger partial charge in [0, 0.05) is 18.0 Å². The van der Waals surface area contributed by atoms with Crippen molar-refractivity contribution < 1.29 is 19.1 Å². The van der Waals surface area contributed by atoms with Gasteiger partial charge in [0.15, 0.2) is 0 Å². The van der Waals surface area contributed by atoms with Crippen molar-refractivity contribution in [3.63, 3.8) is 0 Å². The summed E-state index contributed by atoms with van der Waals surface area (Å²) in [5.74, 6) is -2.21. The number of nitriles is 1. The van der Waals surface area contributed by atoms with Gasteiger partial charge in [-0.15, -0.1) is 0 Å². The summed E-state index contributed by atoms with van der Waals surface area (Å²) in [4.78, 5) is 34.4. The molecule has 2 atom stereocenters. The van der Waals surface area contributed by atoms with Gasteiger partial charge in [0.2, 0.25) is 5.91 Å². The maximum Gasteiger partial charge on any atom is 0.254 e. The largest absolute Gasteiger partial charge is 0.383 e. The van der Waals surface area contributed by atoms with Gasteiger partial charge in [-0.3, -0.25) is 9.59 Å². The molecule has 0 radical (unpaired) electrons. The SMILES string of the molecule is CC(CNC(=O)C(O)C(C)(C)CN=O)NC(=O)c1cc(C#N)ccc1F. The van der Waals surface area contributed by atoms with Crippen LogP contribution >= 0.6 is 0 Å². The molecule has 0 spiro atoms. The highest BCUT2D eigenvalue weighted by atomic mass is 19.1. The standard InChI is InChI=1S/C17H21FN4O4/c1-10(8-20-16(25)14(23)17(2,3)9-21-26)22-15(24)12-6-11(7-19)4-5-13(12)18/h4-6,10,14,23H,8-9H2,1-3H3,(H,20,25)(H,22,24). The zero-order chi connectivity index (χ0) is 19.9. The summed E-state index contributed by atoms with van der Waals surface area (Å²) in [6, 6.07) is 4.66. The molecule has 0 aliphatic carbocycles. The first-order valence-corrected chi connectivity index (χ1v) is 7.87. The van der Waals surface area contributed by atoms with Gasteiger partial charge in [-0.1, -0.05) is 19.0 Å². The van der Waals surface area contributed by atoms with Crippen LogP contribution in [0.25, 0.3) is 0 Å². The van der Waals surface area contributed by atoms with Gasteiger partial charge in [-0.25, -0.2) is 4.39 Å². The molecule has 0 bridgehead atoms. The molecule has 140 valence electrons. The van der Waals surface area contributed by atoms with E-state index in [0.717, 1.165) is 12.1 Å². The molecule has 1 aromatic carbocycles. The van der Waals surface area contributed by atoms with Crippen molar-refractivity contribution >= 4 is 11.8 Å². The van der Waals surface area contributed by atoms with E-state index in [1.807, 2.05) is 6.07 Å². The van der Waals surface area contributed by atoms with E-state index in [9.17, 15) is 24.0 Å². The molecule has 0 aliphatic heterocycles. The Morgan fingerprint density at radius 3 is 2.65 bits per heavy atom. The third-order valence-electron chi connectivity index (χ3n) is 3.76. The summed E-state index contributed by atoms with van der Waals surface area (Å²) in [6.07, 6.45) is -1.45. The lowest BCUT2D eigenvalue weighted by atomic mass is 9.86. The van der Waals surface area contributed by atoms with E-state index in [4.69, 9.17) is 5.26 Å². The number of halogens is 1. The molecule has 3 N–H and O–H groups in total. The summed E-state index contributed by atoms with van der Waals surface area (Å²) < 4.78 is 13.7. The number of carbonyl (C=O) groups is 2. The first-order chi connectivity index (χ1) is 12.1. The van der Waals surface area contributed by atoms with Crippen LogP contribution < -0.4 is 10.6 Å². The van der Waals surface area contributed by atoms with Crippen LogP contribution in [0, 0.1) is 27.5 Å². The predicted octanol–water partition coefficient (Wildman–Crippen LogP) is 1.09. The molecule has 0 saturated heterocycles. The molecule has 26 heavy (non-hydrogen) atoms. The highest BCUT2D eigenvalue weighted by molar-refractivity contribution is 5.95. The molecule has 0 heterocycles. The number of amides is 2. The lowest BCUT2D eigenvalue weighted by Gasteiger charge is -2.27. The number of aliphatic hydroxyl groups is 1. The Morgan fingerprint density at radius 2 is 2.08 bits per heavy atom. The lowest BCUT2D eigenvalue weighted by molar-refractivity contribution is -0.134. The summed E-state index contributed by atoms with van der Waals surface area (Å²) >= 11 is 0. The van der Waals surface area contributed by atoms with Crippen LogP contribution in [0.3, 0.4) is 0 Å². The highest BCUT2D eigenvalue weighted by Crippen LogP contribution is 2.21. The van der Waals surface area contributed by atoms with Crippen LogP contribution in [0.5, 0.6) is 0 Å². The van der Waals surface area contributed by atoms with E-state index in [0.29, 0.717) is 0 Å². The Morgan fingerprint density at radius 1 is 1.42 bits per heavy atom. The fourth-order valence-electron chi connectivity index (χ4n) is 2.08. The Balaban J connectivity index is 2.63. The van der Waals surface area contributed by atoms with E-state index in [1.54, 1.807) is 6.92 Å². The molecule has 0 aromatic heterocycles. The molecule has 8 nitrogen and oxygen atoms in total. The number of rotatable bonds is 8. The minimum atomic E-state index is -1.45. The third-order valence-corrected chi connectivity index (χ3v) is 3.76. The molecule has 0 aliphatic rings. The quantitative estimate of drug-likeness (QED) is 0.594. The number of aliphatic hydroxyl groups excluding tert-OH is 1. The van der Waals surface area contributed by atoms with Crippen LogP contribution in [-0.4, -0.2) is 42.2 Å². The van der Waals surface area contributed by atoms with Crippen molar-refractivity contribution in [1.82, 2.24) is 10.6 Å². The van der Waals surface area contributed by atoms with E-state index >= 15 is 0 Å². The maximum absolute atomic E-state index is 13.7. The fraction of sp³-hybridized carbons (Fsp3) is 0.471. The van der Waals surface area contributed by atoms with Crippen LogP contribution in [-0.2, 0) is 4.79 Å². The monoisotopic (exact) mass is 364 g/mol. The molecule has 2 amide bonds. The normalized spacial score (nSPS) is 13.2. The topological polar surface area (TPSA) is 132 Å². The molecule has 9 heteroatoms. The van der Waals surface area contributed by atoms with Gasteiger partial charge >= 0.3 is 0 Å². The number of hydrogen-bond donors (Lipinski definition) is 3. The second kappa shape index (κ2) is 9.01. The van der Waals surface area contributed by atoms with Crippen LogP contribution in [0.2, 0.25) is 0 Å². The Labute approximate surface area is 150 Å². The van der Waals surface area contributed by atoms with Crippen molar-refractivity contribution in [2.45, 2.75) is 32.9 Å². The summed E-state index contributed by atoms with van der Waals surface area (Å²) in [5.41, 5.74) is -1.16. The van der Waals surface area contributed by atoms with E-state index < -0.39 is 35.2 Å². The van der Waals surface area contributed by atoms with Gasteiger partial charge in [0.25, 0.3) is 5.91 Å². The minimum Gasteiger partial charge on any atom is -0.383 e. The molecule has 1 rings (SSSR count). The minimum absolute atomic E-state index is 0.0220. The number of carbonyl (C=O) groups excluding carboxylic acids is 2. The van der Waals surface area contributed by atoms with Crippen molar-refractivity contribution in [3.8, 4) is 6.07 Å². The fourth-order valence-corrected chi connectivity index (χ4v) is 2.08. The Hall–Kier alpha value is -2.86. The number of nitrogens with one attached hydrogen (secondary N) is 2. The van der Waals surface area contributed by atoms with Crippen molar-refractivity contribution in [2.75, 3.05) is 13.1 Å². The van der Waals surface area contributed by atoms with Gasteiger partial charge in [0.1, 0.15) is 11.9 Å². The van der Waals surface area contributed by atoms with Crippen LogP contribution in [0.1, 0.15) is 36.7 Å². The molecule has 0 fully saturated rings. The van der Waals surface area contributed by atoms with E-state index in [-0.39, 0.29) is 24.2 Å². The van der Waals surface area contributed by atoms with Gasteiger partial charge in [-0.2, -0.15) is 10.2 Å². The number of nitroso groups, excluding NO2 is 1. The summed E-state index contributed by atoms with van der Waals surface area (Å²) in [6.45, 7) is 4.37. The van der Waals surface area contributed by atoms with Gasteiger partial charge in [-0.05, 0) is 25.1 Å². The van der Waals surface area contributed by atoms with Crippen molar-refractivity contribution in [1.29, 1.82) is 5.26 Å². The number of nitrogens with zero attached hydrogens (tertiary/aromatic N) is 2. The lowest BCUT2D eigenvalue weighted by Crippen LogP contribution is -2.49. The van der Waals surface area contributed by atoms with E-state index in [2.05, 4.69) is 15.8 Å². The second-order valence-corrected chi connectivity index (χ2v) is 6.60. The first-order valence-electron chi connectivity index (χ1n) is 7.87. The van der Waals surface area contributed by atoms with Crippen molar-refractivity contribution in [2.24, 2.45) is 10.6 Å². The second-order valence-electron chi connectivity index (χ2n) is 6.60. The van der Waals surface area contributed by atoms with Gasteiger partial charge in [0.05, 0.1) is 23.7 Å². The smallest absolute Gasteiger partial charge is 0.254 e. The summed E-state index contributed by atoms with van der Waals surface area (Å²) in [5, 5.41) is 26.4. The zero-order valence-corrected chi connectivity index (χ0v) is 14.7. The summed E-state index contributed by atoms with van der Waals surface area (Å²) in [7, 11) is 0. The van der Waals surface area contributed by atoms with Crippen LogP contribution in [0.15, 0.2) is 23.4 Å².